The topological polar surface area (TPSA) is 78.3 Å². The maximum atomic E-state index is 11.3. The van der Waals surface area contributed by atoms with Gasteiger partial charge in [-0.3, -0.25) is 0 Å². The summed E-state index contributed by atoms with van der Waals surface area (Å²) in [5.41, 5.74) is 3.19. The van der Waals surface area contributed by atoms with Crippen molar-refractivity contribution in [1.29, 1.82) is 0 Å². The van der Waals surface area contributed by atoms with Gasteiger partial charge in [0.15, 0.2) is 6.61 Å². The Balaban J connectivity index is 1.58. The number of nitrogens with one attached hydrogen (secondary N) is 1. The number of methoxy groups -OCH3 is 1. The molecular formula is C20H28N4O3. The first-order chi connectivity index (χ1) is 13.1. The molecule has 0 radical (unpaired) electrons. The number of aryl methyl sites for hydroxylation is 3. The fourth-order valence-electron chi connectivity index (χ4n) is 3.55. The first-order valence-corrected chi connectivity index (χ1v) is 9.50. The maximum absolute atomic E-state index is 11.3. The van der Waals surface area contributed by atoms with Crippen LogP contribution in [0.3, 0.4) is 0 Å². The number of carbonyl (C=O) groups is 1. The summed E-state index contributed by atoms with van der Waals surface area (Å²) in [6, 6.07) is 4.16. The number of ether oxygens (including phenoxy) is 2. The Morgan fingerprint density at radius 3 is 2.67 bits per heavy atom. The van der Waals surface area contributed by atoms with Crippen LogP contribution in [-0.4, -0.2) is 34.5 Å². The van der Waals surface area contributed by atoms with Gasteiger partial charge in [-0.2, -0.15) is 0 Å². The number of fused-ring (bicyclic) bond motifs is 1. The summed E-state index contributed by atoms with van der Waals surface area (Å²) in [4.78, 5) is 11.3. The lowest BCUT2D eigenvalue weighted by Gasteiger charge is -2.14. The number of hydrogen-bond donors (Lipinski definition) is 1. The molecule has 1 aromatic heterocycles. The van der Waals surface area contributed by atoms with E-state index in [9.17, 15) is 4.79 Å². The lowest BCUT2D eigenvalue weighted by molar-refractivity contribution is -0.142. The van der Waals surface area contributed by atoms with E-state index in [1.165, 1.54) is 31.9 Å². The van der Waals surface area contributed by atoms with E-state index in [1.807, 2.05) is 13.8 Å². The van der Waals surface area contributed by atoms with Gasteiger partial charge in [0.25, 0.3) is 0 Å². The zero-order valence-electron chi connectivity index (χ0n) is 16.4. The fraction of sp³-hybridized carbons (Fsp3) is 0.550. The molecule has 146 valence electrons. The van der Waals surface area contributed by atoms with Crippen LogP contribution in [0.25, 0.3) is 0 Å². The van der Waals surface area contributed by atoms with Crippen molar-refractivity contribution in [3.8, 4) is 5.75 Å². The van der Waals surface area contributed by atoms with E-state index >= 15 is 0 Å². The Labute approximate surface area is 160 Å². The normalized spacial score (nSPS) is 13.7. The molecule has 0 bridgehead atoms. The Morgan fingerprint density at radius 1 is 1.15 bits per heavy atom. The number of esters is 1. The molecule has 1 aromatic carbocycles. The standard InChI is InChI=1S/C20H28N4O3/c1-14-9-16(10-15(2)20(14)27-13-19(25)26-3)11-21-12-18-23-22-17-7-5-4-6-8-24(17)18/h9-10,21H,4-8,11-13H2,1-3H3. The molecule has 1 N–H and O–H groups in total. The molecule has 0 unspecified atom stereocenters. The van der Waals surface area contributed by atoms with Gasteiger partial charge in [-0.1, -0.05) is 18.6 Å². The van der Waals surface area contributed by atoms with Gasteiger partial charge in [0.05, 0.1) is 13.7 Å². The first kappa shape index (κ1) is 19.4. The molecule has 1 aliphatic heterocycles. The molecule has 3 rings (SSSR count). The smallest absolute Gasteiger partial charge is 0.343 e. The zero-order valence-corrected chi connectivity index (χ0v) is 16.4. The molecule has 7 heteroatoms. The predicted molar refractivity (Wildman–Crippen MR) is 102 cm³/mol. The summed E-state index contributed by atoms with van der Waals surface area (Å²) in [5.74, 6) is 2.49. The molecule has 2 heterocycles. The molecule has 0 saturated carbocycles. The van der Waals surface area contributed by atoms with Crippen molar-refractivity contribution in [2.75, 3.05) is 13.7 Å². The highest BCUT2D eigenvalue weighted by molar-refractivity contribution is 5.71. The second-order valence-corrected chi connectivity index (χ2v) is 7.02. The van der Waals surface area contributed by atoms with Gasteiger partial charge in [-0.25, -0.2) is 4.79 Å². The van der Waals surface area contributed by atoms with Gasteiger partial charge in [0.1, 0.15) is 17.4 Å². The van der Waals surface area contributed by atoms with Crippen LogP contribution in [0.1, 0.15) is 47.6 Å². The first-order valence-electron chi connectivity index (χ1n) is 9.50. The van der Waals surface area contributed by atoms with E-state index < -0.39 is 0 Å². The van der Waals surface area contributed by atoms with Gasteiger partial charge < -0.3 is 19.4 Å². The second-order valence-electron chi connectivity index (χ2n) is 7.02. The van der Waals surface area contributed by atoms with Crippen LogP contribution in [0.4, 0.5) is 0 Å². The van der Waals surface area contributed by atoms with Crippen LogP contribution in [0, 0.1) is 13.8 Å². The van der Waals surface area contributed by atoms with Crippen molar-refractivity contribution in [2.24, 2.45) is 0 Å². The second kappa shape index (κ2) is 8.99. The summed E-state index contributed by atoms with van der Waals surface area (Å²) in [7, 11) is 1.36. The molecule has 0 fully saturated rings. The molecule has 2 aromatic rings. The summed E-state index contributed by atoms with van der Waals surface area (Å²) in [6.07, 6.45) is 4.69. The lowest BCUT2D eigenvalue weighted by Crippen LogP contribution is -2.18. The van der Waals surface area contributed by atoms with Crippen molar-refractivity contribution in [3.63, 3.8) is 0 Å². The summed E-state index contributed by atoms with van der Waals surface area (Å²) >= 11 is 0. The third-order valence-electron chi connectivity index (χ3n) is 4.88. The van der Waals surface area contributed by atoms with Crippen LogP contribution in [-0.2, 0) is 35.6 Å². The SMILES string of the molecule is COC(=O)COc1c(C)cc(CNCc2nnc3n2CCCCC3)cc1C. The summed E-state index contributed by atoms with van der Waals surface area (Å²) in [6.45, 7) is 6.35. The largest absolute Gasteiger partial charge is 0.481 e. The molecule has 0 saturated heterocycles. The van der Waals surface area contributed by atoms with Crippen molar-refractivity contribution < 1.29 is 14.3 Å². The third kappa shape index (κ3) is 4.86. The minimum Gasteiger partial charge on any atom is -0.481 e. The van der Waals surface area contributed by atoms with E-state index in [-0.39, 0.29) is 12.6 Å². The third-order valence-corrected chi connectivity index (χ3v) is 4.88. The van der Waals surface area contributed by atoms with Crippen molar-refractivity contribution in [3.05, 3.63) is 40.5 Å². The van der Waals surface area contributed by atoms with Crippen LogP contribution in [0.5, 0.6) is 5.75 Å². The molecule has 0 aliphatic carbocycles. The number of hydrogen-bond acceptors (Lipinski definition) is 6. The molecule has 0 amide bonds. The summed E-state index contributed by atoms with van der Waals surface area (Å²) < 4.78 is 12.5. The lowest BCUT2D eigenvalue weighted by atomic mass is 10.1. The Morgan fingerprint density at radius 2 is 1.93 bits per heavy atom. The monoisotopic (exact) mass is 372 g/mol. The minimum absolute atomic E-state index is 0.0756. The van der Waals surface area contributed by atoms with E-state index in [0.717, 1.165) is 48.0 Å². The maximum Gasteiger partial charge on any atom is 0.343 e. The molecule has 27 heavy (non-hydrogen) atoms. The fourth-order valence-corrected chi connectivity index (χ4v) is 3.55. The highest BCUT2D eigenvalue weighted by Gasteiger charge is 2.14. The van der Waals surface area contributed by atoms with Gasteiger partial charge in [0.2, 0.25) is 0 Å². The van der Waals surface area contributed by atoms with Gasteiger partial charge in [0, 0.05) is 19.5 Å². The quantitative estimate of drug-likeness (QED) is 0.752. The zero-order chi connectivity index (χ0) is 19.2. The number of aromatic nitrogens is 3. The molecule has 0 spiro atoms. The van der Waals surface area contributed by atoms with Gasteiger partial charge >= 0.3 is 5.97 Å². The van der Waals surface area contributed by atoms with Crippen molar-refractivity contribution in [2.45, 2.75) is 59.2 Å². The average molecular weight is 372 g/mol. The van der Waals surface area contributed by atoms with E-state index in [0.29, 0.717) is 6.54 Å². The molecule has 1 aliphatic rings. The number of benzene rings is 1. The van der Waals surface area contributed by atoms with Gasteiger partial charge in [-0.05, 0) is 43.4 Å². The van der Waals surface area contributed by atoms with Crippen LogP contribution in [0.15, 0.2) is 12.1 Å². The van der Waals surface area contributed by atoms with Crippen LogP contribution >= 0.6 is 0 Å². The van der Waals surface area contributed by atoms with E-state index in [4.69, 9.17) is 4.74 Å². The van der Waals surface area contributed by atoms with Crippen LogP contribution in [0.2, 0.25) is 0 Å². The highest BCUT2D eigenvalue weighted by Crippen LogP contribution is 2.25. The van der Waals surface area contributed by atoms with Gasteiger partial charge in [-0.15, -0.1) is 10.2 Å². The van der Waals surface area contributed by atoms with Crippen molar-refractivity contribution >= 4 is 5.97 Å². The minimum atomic E-state index is -0.382. The summed E-state index contributed by atoms with van der Waals surface area (Å²) in [5, 5.41) is 12.2. The number of rotatable bonds is 7. The Hall–Kier alpha value is -2.41. The molecule has 7 nitrogen and oxygen atoms in total. The molecular weight excluding hydrogens is 344 g/mol. The Bertz CT molecular complexity index is 778. The highest BCUT2D eigenvalue weighted by atomic mass is 16.6. The number of nitrogens with zero attached hydrogens (tertiary/aromatic N) is 3. The van der Waals surface area contributed by atoms with E-state index in [2.05, 4.69) is 37.0 Å². The van der Waals surface area contributed by atoms with Crippen LogP contribution < -0.4 is 10.1 Å². The van der Waals surface area contributed by atoms with Crippen molar-refractivity contribution in [1.82, 2.24) is 20.1 Å². The number of carbonyl (C=O) groups excluding carboxylic acids is 1. The molecule has 0 atom stereocenters. The van der Waals surface area contributed by atoms with E-state index in [1.54, 1.807) is 0 Å². The average Bonchev–Trinajstić information content (AvgIpc) is 2.87. The predicted octanol–water partition coefficient (Wildman–Crippen LogP) is 2.46. The Kier molecular flexibility index (Phi) is 6.45.